The molecule has 3 aromatic carbocycles. The van der Waals surface area contributed by atoms with Crippen LogP contribution in [0.1, 0.15) is 27.7 Å². The average Bonchev–Trinajstić information content (AvgIpc) is 2.73. The number of amides is 1. The number of hydrogen-bond donors (Lipinski definition) is 1. The Bertz CT molecular complexity index is 1030. The van der Waals surface area contributed by atoms with Crippen LogP contribution in [0.4, 0.5) is 11.4 Å². The first-order chi connectivity index (χ1) is 13.7. The molecule has 4 rings (SSSR count). The van der Waals surface area contributed by atoms with Gasteiger partial charge in [0.1, 0.15) is 6.17 Å². The number of aryl methyl sites for hydroxylation is 1. The third-order valence-electron chi connectivity index (χ3n) is 5.03. The molecule has 1 aliphatic rings. The molecule has 5 nitrogen and oxygen atoms in total. The smallest absolute Gasteiger partial charge is 0.262 e. The molecule has 1 atom stereocenters. The van der Waals surface area contributed by atoms with Crippen LogP contribution in [-0.4, -0.2) is 20.1 Å². The summed E-state index contributed by atoms with van der Waals surface area (Å²) in [6, 6.07) is 21.1. The van der Waals surface area contributed by atoms with Crippen molar-refractivity contribution in [3.8, 4) is 11.5 Å². The number of para-hydroxylation sites is 3. The van der Waals surface area contributed by atoms with Crippen molar-refractivity contribution in [1.82, 2.24) is 0 Å². The van der Waals surface area contributed by atoms with Crippen LogP contribution in [0.5, 0.6) is 11.5 Å². The van der Waals surface area contributed by atoms with Crippen molar-refractivity contribution in [2.24, 2.45) is 0 Å². The van der Waals surface area contributed by atoms with E-state index >= 15 is 0 Å². The van der Waals surface area contributed by atoms with Gasteiger partial charge in [-0.25, -0.2) is 0 Å². The molecule has 0 saturated heterocycles. The Balaban J connectivity index is 1.94. The second kappa shape index (κ2) is 7.27. The summed E-state index contributed by atoms with van der Waals surface area (Å²) in [6.07, 6.45) is -0.437. The van der Waals surface area contributed by atoms with Crippen molar-refractivity contribution in [3.05, 3.63) is 83.4 Å². The normalized spacial score (nSPS) is 15.6. The van der Waals surface area contributed by atoms with Crippen molar-refractivity contribution in [3.63, 3.8) is 0 Å². The fraction of sp³-hybridized carbons (Fsp3) is 0.174. The second-order valence-corrected chi connectivity index (χ2v) is 6.64. The number of hydrogen-bond acceptors (Lipinski definition) is 4. The van der Waals surface area contributed by atoms with Gasteiger partial charge in [-0.1, -0.05) is 42.5 Å². The molecule has 1 N–H and O–H groups in total. The van der Waals surface area contributed by atoms with Gasteiger partial charge in [-0.05, 0) is 36.8 Å². The monoisotopic (exact) mass is 374 g/mol. The Labute approximate surface area is 164 Å². The van der Waals surface area contributed by atoms with Crippen molar-refractivity contribution >= 4 is 17.3 Å². The molecule has 142 valence electrons. The van der Waals surface area contributed by atoms with Crippen molar-refractivity contribution in [2.45, 2.75) is 13.1 Å². The SMILES string of the molecule is COc1cccc([C@@H]2Nc3ccccc3C(=O)N2c2ccccc2C)c1OC. The first kappa shape index (κ1) is 17.9. The van der Waals surface area contributed by atoms with Crippen LogP contribution in [0.25, 0.3) is 0 Å². The lowest BCUT2D eigenvalue weighted by Gasteiger charge is -2.39. The van der Waals surface area contributed by atoms with Gasteiger partial charge in [0.2, 0.25) is 0 Å². The van der Waals surface area contributed by atoms with Crippen LogP contribution in [-0.2, 0) is 0 Å². The molecule has 0 bridgehead atoms. The predicted octanol–water partition coefficient (Wildman–Crippen LogP) is 4.78. The van der Waals surface area contributed by atoms with Gasteiger partial charge in [-0.15, -0.1) is 0 Å². The number of ether oxygens (including phenoxy) is 2. The Hall–Kier alpha value is -3.47. The molecule has 1 aliphatic heterocycles. The van der Waals surface area contributed by atoms with E-state index < -0.39 is 6.17 Å². The minimum atomic E-state index is -0.437. The summed E-state index contributed by atoms with van der Waals surface area (Å²) in [5.74, 6) is 1.17. The first-order valence-corrected chi connectivity index (χ1v) is 9.11. The zero-order valence-corrected chi connectivity index (χ0v) is 16.1. The summed E-state index contributed by atoms with van der Waals surface area (Å²) in [5.41, 5.74) is 4.14. The fourth-order valence-electron chi connectivity index (χ4n) is 3.68. The Kier molecular flexibility index (Phi) is 4.65. The quantitative estimate of drug-likeness (QED) is 0.714. The van der Waals surface area contributed by atoms with Crippen LogP contribution in [0.15, 0.2) is 66.7 Å². The summed E-state index contributed by atoms with van der Waals surface area (Å²) >= 11 is 0. The molecular formula is C23H22N2O3. The number of anilines is 2. The molecule has 0 fully saturated rings. The van der Waals surface area contributed by atoms with Crippen LogP contribution in [0.3, 0.4) is 0 Å². The summed E-state index contributed by atoms with van der Waals surface area (Å²) in [7, 11) is 3.22. The number of carbonyl (C=O) groups excluding carboxylic acids is 1. The molecule has 0 aromatic heterocycles. The molecular weight excluding hydrogens is 352 g/mol. The number of rotatable bonds is 4. The highest BCUT2D eigenvalue weighted by atomic mass is 16.5. The van der Waals surface area contributed by atoms with Crippen molar-refractivity contribution in [1.29, 1.82) is 0 Å². The van der Waals surface area contributed by atoms with Crippen molar-refractivity contribution < 1.29 is 14.3 Å². The highest BCUT2D eigenvalue weighted by Crippen LogP contribution is 2.43. The maximum absolute atomic E-state index is 13.5. The zero-order chi connectivity index (χ0) is 19.7. The maximum atomic E-state index is 13.5. The number of benzene rings is 3. The third kappa shape index (κ3) is 2.85. The van der Waals surface area contributed by atoms with Crippen molar-refractivity contribution in [2.75, 3.05) is 24.4 Å². The van der Waals surface area contributed by atoms with Gasteiger partial charge >= 0.3 is 0 Å². The molecule has 28 heavy (non-hydrogen) atoms. The van der Waals surface area contributed by atoms with E-state index in [4.69, 9.17) is 9.47 Å². The fourth-order valence-corrected chi connectivity index (χ4v) is 3.68. The van der Waals surface area contributed by atoms with E-state index in [9.17, 15) is 4.79 Å². The third-order valence-corrected chi connectivity index (χ3v) is 5.03. The van der Waals surface area contributed by atoms with Gasteiger partial charge in [-0.3, -0.25) is 9.69 Å². The summed E-state index contributed by atoms with van der Waals surface area (Å²) in [4.78, 5) is 15.3. The number of carbonyl (C=O) groups is 1. The van der Waals surface area contributed by atoms with Gasteiger partial charge < -0.3 is 14.8 Å². The molecule has 1 amide bonds. The number of fused-ring (bicyclic) bond motifs is 1. The van der Waals surface area contributed by atoms with E-state index in [1.54, 1.807) is 19.1 Å². The van der Waals surface area contributed by atoms with Gasteiger partial charge in [0, 0.05) is 16.9 Å². The standard InChI is InChI=1S/C23H22N2O3/c1-15-9-4-7-13-19(15)25-22(17-11-8-14-20(27-2)21(17)28-3)24-18-12-6-5-10-16(18)23(25)26/h4-14,22,24H,1-3H3/t22-/m1/s1. The molecule has 3 aromatic rings. The average molecular weight is 374 g/mol. The molecule has 1 heterocycles. The van der Waals surface area contributed by atoms with Gasteiger partial charge in [0.05, 0.1) is 19.8 Å². The Morgan fingerprint density at radius 3 is 2.39 bits per heavy atom. The minimum absolute atomic E-state index is 0.0569. The van der Waals surface area contributed by atoms with E-state index in [2.05, 4.69) is 5.32 Å². The lowest BCUT2D eigenvalue weighted by atomic mass is 10.0. The van der Waals surface area contributed by atoms with Crippen LogP contribution in [0.2, 0.25) is 0 Å². The van der Waals surface area contributed by atoms with Crippen LogP contribution >= 0.6 is 0 Å². The van der Waals surface area contributed by atoms with E-state index in [1.165, 1.54) is 0 Å². The predicted molar refractivity (Wildman–Crippen MR) is 110 cm³/mol. The number of nitrogens with zero attached hydrogens (tertiary/aromatic N) is 1. The van der Waals surface area contributed by atoms with Crippen LogP contribution < -0.4 is 19.7 Å². The molecule has 0 aliphatic carbocycles. The summed E-state index contributed by atoms with van der Waals surface area (Å²) in [5, 5.41) is 3.52. The highest BCUT2D eigenvalue weighted by Gasteiger charge is 2.36. The van der Waals surface area contributed by atoms with E-state index in [-0.39, 0.29) is 5.91 Å². The Morgan fingerprint density at radius 2 is 1.64 bits per heavy atom. The van der Waals surface area contributed by atoms with Gasteiger partial charge in [0.15, 0.2) is 11.5 Å². The van der Waals surface area contributed by atoms with Gasteiger partial charge in [0.25, 0.3) is 5.91 Å². The van der Waals surface area contributed by atoms with E-state index in [0.717, 1.165) is 22.5 Å². The summed E-state index contributed by atoms with van der Waals surface area (Å²) in [6.45, 7) is 2.00. The molecule has 0 spiro atoms. The van der Waals surface area contributed by atoms with E-state index in [0.29, 0.717) is 17.1 Å². The molecule has 0 saturated carbocycles. The number of methoxy groups -OCH3 is 2. The topological polar surface area (TPSA) is 50.8 Å². The largest absolute Gasteiger partial charge is 0.493 e. The molecule has 0 unspecified atom stereocenters. The maximum Gasteiger partial charge on any atom is 0.262 e. The molecule has 0 radical (unpaired) electrons. The lowest BCUT2D eigenvalue weighted by Crippen LogP contribution is -2.43. The van der Waals surface area contributed by atoms with Gasteiger partial charge in [-0.2, -0.15) is 0 Å². The Morgan fingerprint density at radius 1 is 0.893 bits per heavy atom. The highest BCUT2D eigenvalue weighted by molar-refractivity contribution is 6.12. The minimum Gasteiger partial charge on any atom is -0.493 e. The van der Waals surface area contributed by atoms with E-state index in [1.807, 2.05) is 73.7 Å². The summed E-state index contributed by atoms with van der Waals surface area (Å²) < 4.78 is 11.1. The zero-order valence-electron chi connectivity index (χ0n) is 16.1. The number of nitrogens with one attached hydrogen (secondary N) is 1. The van der Waals surface area contributed by atoms with Crippen LogP contribution in [0, 0.1) is 6.92 Å². The second-order valence-electron chi connectivity index (χ2n) is 6.64. The molecule has 5 heteroatoms. The first-order valence-electron chi connectivity index (χ1n) is 9.11. The lowest BCUT2D eigenvalue weighted by molar-refractivity contribution is 0.0974.